The fourth-order valence-corrected chi connectivity index (χ4v) is 0.203. The van der Waals surface area contributed by atoms with Gasteiger partial charge in [-0.15, -0.1) is 0 Å². The highest BCUT2D eigenvalue weighted by Gasteiger charge is 1.98. The molecule has 0 rings (SSSR count). The van der Waals surface area contributed by atoms with Gasteiger partial charge >= 0.3 is 0 Å². The van der Waals surface area contributed by atoms with Crippen LogP contribution in [-0.2, 0) is 9.53 Å². The first-order valence-corrected chi connectivity index (χ1v) is 2.15. The topological polar surface area (TPSA) is 66.8 Å². The smallest absolute Gasteiger partial charge is 0.293 e. The van der Waals surface area contributed by atoms with Crippen LogP contribution >= 0.6 is 0 Å². The highest BCUT2D eigenvalue weighted by molar-refractivity contribution is 5.36. The molecule has 0 bridgehead atoms. The van der Waals surface area contributed by atoms with Crippen LogP contribution in [0, 0.1) is 0 Å². The number of carbonyl (C=O) groups is 1. The highest BCUT2D eigenvalue weighted by atomic mass is 16.5. The van der Waals surface area contributed by atoms with Crippen molar-refractivity contribution in [2.75, 3.05) is 13.2 Å². The molecule has 0 heterocycles. The maximum atomic E-state index is 9.41. The molecule has 4 heteroatoms. The summed E-state index contributed by atoms with van der Waals surface area (Å²) in [7, 11) is 0. The van der Waals surface area contributed by atoms with Crippen LogP contribution < -0.4 is 0 Å². The van der Waals surface area contributed by atoms with Gasteiger partial charge in [-0.05, 0) is 0 Å². The molecule has 8 heavy (non-hydrogen) atoms. The molecule has 0 saturated heterocycles. The van der Waals surface area contributed by atoms with Crippen LogP contribution in [0.15, 0.2) is 0 Å². The number of hydrogen-bond acceptors (Lipinski definition) is 4. The summed E-state index contributed by atoms with van der Waals surface area (Å²) in [5.41, 5.74) is 0. The molecule has 0 spiro atoms. The van der Waals surface area contributed by atoms with E-state index in [0.717, 1.165) is 0 Å². The van der Waals surface area contributed by atoms with Crippen LogP contribution in [0.1, 0.15) is 0 Å². The molecule has 2 N–H and O–H groups in total. The third-order valence-electron chi connectivity index (χ3n) is 0.567. The summed E-state index contributed by atoms with van der Waals surface area (Å²) < 4.78 is 4.10. The number of ether oxygens (including phenoxy) is 1. The molecule has 0 aliphatic heterocycles. The van der Waals surface area contributed by atoms with Crippen molar-refractivity contribution in [2.45, 2.75) is 6.10 Å². The zero-order chi connectivity index (χ0) is 6.41. The van der Waals surface area contributed by atoms with Crippen molar-refractivity contribution in [3.8, 4) is 0 Å². The summed E-state index contributed by atoms with van der Waals surface area (Å²) in [5, 5.41) is 16.6. The van der Waals surface area contributed by atoms with Crippen LogP contribution in [-0.4, -0.2) is 36.0 Å². The quantitative estimate of drug-likeness (QED) is 0.444. The Kier molecular flexibility index (Phi) is 4.20. The predicted molar refractivity (Wildman–Crippen MR) is 25.1 cm³/mol. The molecule has 0 aromatic heterocycles. The molecule has 0 aliphatic carbocycles. The maximum Gasteiger partial charge on any atom is 0.293 e. The van der Waals surface area contributed by atoms with E-state index in [0.29, 0.717) is 0 Å². The summed E-state index contributed by atoms with van der Waals surface area (Å²) in [6.45, 7) is -0.299. The van der Waals surface area contributed by atoms with Gasteiger partial charge in [0.25, 0.3) is 6.47 Å². The minimum Gasteiger partial charge on any atom is -0.465 e. The maximum absolute atomic E-state index is 9.41. The van der Waals surface area contributed by atoms with Gasteiger partial charge in [-0.1, -0.05) is 0 Å². The number of aliphatic hydroxyl groups excluding tert-OH is 2. The largest absolute Gasteiger partial charge is 0.465 e. The first-order valence-electron chi connectivity index (χ1n) is 2.15. The van der Waals surface area contributed by atoms with E-state index < -0.39 is 6.10 Å². The summed E-state index contributed by atoms with van der Waals surface area (Å²) >= 11 is 0. The van der Waals surface area contributed by atoms with E-state index in [4.69, 9.17) is 10.2 Å². The molecule has 0 radical (unpaired) electrons. The van der Waals surface area contributed by atoms with Gasteiger partial charge in [0.2, 0.25) is 0 Å². The number of aliphatic hydroxyl groups is 2. The molecule has 0 aliphatic rings. The molecular weight excluding hydrogens is 112 g/mol. The van der Waals surface area contributed by atoms with Gasteiger partial charge in [0.1, 0.15) is 12.7 Å². The normalized spacial score (nSPS) is 12.8. The third-order valence-corrected chi connectivity index (χ3v) is 0.567. The number of rotatable bonds is 4. The molecule has 1 atom stereocenters. The summed E-state index contributed by atoms with van der Waals surface area (Å²) in [4.78, 5) is 9.41. The molecule has 0 aromatic carbocycles. The van der Waals surface area contributed by atoms with Crippen molar-refractivity contribution in [3.63, 3.8) is 0 Å². The Balaban J connectivity index is 2.97. The number of hydrogen-bond donors (Lipinski definition) is 2. The molecule has 0 fully saturated rings. The van der Waals surface area contributed by atoms with Crippen molar-refractivity contribution >= 4 is 6.47 Å². The minimum atomic E-state index is -0.944. The molecule has 0 aromatic rings. The van der Waals surface area contributed by atoms with Crippen molar-refractivity contribution in [1.82, 2.24) is 0 Å². The van der Waals surface area contributed by atoms with E-state index in [1.54, 1.807) is 0 Å². The minimum absolute atomic E-state index is 0.139. The molecule has 4 nitrogen and oxygen atoms in total. The van der Waals surface area contributed by atoms with E-state index in [2.05, 4.69) is 4.74 Å². The van der Waals surface area contributed by atoms with E-state index in [9.17, 15) is 4.79 Å². The Labute approximate surface area is 46.7 Å². The fourth-order valence-electron chi connectivity index (χ4n) is 0.203. The Hall–Kier alpha value is -0.610. The second kappa shape index (κ2) is 4.55. The van der Waals surface area contributed by atoms with E-state index in [-0.39, 0.29) is 19.7 Å². The summed E-state index contributed by atoms with van der Waals surface area (Å²) in [5.74, 6) is 0. The average molecular weight is 120 g/mol. The van der Waals surface area contributed by atoms with Crippen LogP contribution in [0.4, 0.5) is 0 Å². The van der Waals surface area contributed by atoms with Crippen LogP contribution in [0.25, 0.3) is 0 Å². The second-order valence-corrected chi connectivity index (χ2v) is 1.27. The average Bonchev–Trinajstić information content (AvgIpc) is 1.83. The van der Waals surface area contributed by atoms with Crippen molar-refractivity contribution in [2.24, 2.45) is 0 Å². The first kappa shape index (κ1) is 7.39. The molecular formula is C4H8O4. The predicted octanol–water partition coefficient (Wildman–Crippen LogP) is -1.49. The third kappa shape index (κ3) is 3.58. The van der Waals surface area contributed by atoms with E-state index in [1.807, 2.05) is 0 Å². The van der Waals surface area contributed by atoms with Gasteiger partial charge in [-0.3, -0.25) is 4.79 Å². The second-order valence-electron chi connectivity index (χ2n) is 1.27. The number of carbonyl (C=O) groups excluding carboxylic acids is 1. The van der Waals surface area contributed by atoms with Gasteiger partial charge in [-0.25, -0.2) is 0 Å². The molecule has 0 amide bonds. The van der Waals surface area contributed by atoms with Crippen molar-refractivity contribution in [1.29, 1.82) is 0 Å². The zero-order valence-corrected chi connectivity index (χ0v) is 4.28. The Bertz CT molecular complexity index is 63.1. The fraction of sp³-hybridized carbons (Fsp3) is 0.750. The van der Waals surface area contributed by atoms with Gasteiger partial charge < -0.3 is 14.9 Å². The van der Waals surface area contributed by atoms with Gasteiger partial charge in [-0.2, -0.15) is 0 Å². The zero-order valence-electron chi connectivity index (χ0n) is 4.28. The summed E-state index contributed by atoms with van der Waals surface area (Å²) in [6, 6.07) is 0. The molecule has 48 valence electrons. The molecule has 0 saturated carbocycles. The molecule has 1 unspecified atom stereocenters. The highest BCUT2D eigenvalue weighted by Crippen LogP contribution is 1.78. The first-order chi connectivity index (χ1) is 3.81. The van der Waals surface area contributed by atoms with Crippen LogP contribution in [0.5, 0.6) is 0 Å². The van der Waals surface area contributed by atoms with Crippen LogP contribution in [0.2, 0.25) is 0 Å². The SMILES string of the molecule is O=COCC(O)CO. The lowest BCUT2D eigenvalue weighted by atomic mass is 10.4. The summed E-state index contributed by atoms with van der Waals surface area (Å²) in [6.07, 6.45) is -0.944. The van der Waals surface area contributed by atoms with Crippen molar-refractivity contribution in [3.05, 3.63) is 0 Å². The lowest BCUT2D eigenvalue weighted by molar-refractivity contribution is -0.132. The van der Waals surface area contributed by atoms with E-state index in [1.165, 1.54) is 0 Å². The monoisotopic (exact) mass is 120 g/mol. The van der Waals surface area contributed by atoms with Gasteiger partial charge in [0, 0.05) is 0 Å². The Morgan fingerprint density at radius 3 is 2.75 bits per heavy atom. The standard InChI is InChI=1S/C4H8O4/c5-1-4(7)2-8-3-6/h3-5,7H,1-2H2. The van der Waals surface area contributed by atoms with Crippen LogP contribution in [0.3, 0.4) is 0 Å². The Morgan fingerprint density at radius 2 is 2.38 bits per heavy atom. The lowest BCUT2D eigenvalue weighted by Gasteiger charge is -2.02. The van der Waals surface area contributed by atoms with Gasteiger partial charge in [0.15, 0.2) is 0 Å². The lowest BCUT2D eigenvalue weighted by Crippen LogP contribution is -2.18. The van der Waals surface area contributed by atoms with E-state index >= 15 is 0 Å². The van der Waals surface area contributed by atoms with Crippen molar-refractivity contribution < 1.29 is 19.7 Å². The van der Waals surface area contributed by atoms with Gasteiger partial charge in [0.05, 0.1) is 6.61 Å². The Morgan fingerprint density at radius 1 is 1.75 bits per heavy atom.